The first-order valence-electron chi connectivity index (χ1n) is 6.06. The molecule has 1 atom stereocenters. The number of hydrogen-bond donors (Lipinski definition) is 1. The summed E-state index contributed by atoms with van der Waals surface area (Å²) in [4.78, 5) is 0. The van der Waals surface area contributed by atoms with Gasteiger partial charge in [-0.15, -0.1) is 0 Å². The molecular formula is C13H23NO2. The lowest BCUT2D eigenvalue weighted by molar-refractivity contribution is -0.0532. The van der Waals surface area contributed by atoms with Crippen LogP contribution in [-0.4, -0.2) is 19.3 Å². The van der Waals surface area contributed by atoms with Crippen LogP contribution in [0.25, 0.3) is 0 Å². The first kappa shape index (κ1) is 13.3. The second-order valence-corrected chi connectivity index (χ2v) is 3.98. The Labute approximate surface area is 98.2 Å². The first-order chi connectivity index (χ1) is 7.74. The Morgan fingerprint density at radius 3 is 2.44 bits per heavy atom. The minimum atomic E-state index is -0.187. The zero-order chi connectivity index (χ0) is 12.0. The van der Waals surface area contributed by atoms with Gasteiger partial charge in [0.1, 0.15) is 5.76 Å². The molecule has 0 bridgehead atoms. The quantitative estimate of drug-likeness (QED) is 0.774. The van der Waals surface area contributed by atoms with E-state index in [2.05, 4.69) is 26.1 Å². The molecule has 1 N–H and O–H groups in total. The fourth-order valence-corrected chi connectivity index (χ4v) is 2.27. The summed E-state index contributed by atoms with van der Waals surface area (Å²) in [6.45, 7) is 7.30. The van der Waals surface area contributed by atoms with E-state index < -0.39 is 0 Å². The molecule has 3 heteroatoms. The molecule has 0 radical (unpaired) electrons. The van der Waals surface area contributed by atoms with Crippen LogP contribution in [-0.2, 0) is 4.74 Å². The molecule has 0 aromatic carbocycles. The zero-order valence-electron chi connectivity index (χ0n) is 10.7. The van der Waals surface area contributed by atoms with Gasteiger partial charge >= 0.3 is 0 Å². The lowest BCUT2D eigenvalue weighted by Crippen LogP contribution is -2.44. The van der Waals surface area contributed by atoms with Gasteiger partial charge in [0.25, 0.3) is 0 Å². The van der Waals surface area contributed by atoms with Crippen molar-refractivity contribution in [3.05, 3.63) is 24.2 Å². The largest absolute Gasteiger partial charge is 0.468 e. The van der Waals surface area contributed by atoms with E-state index in [1.807, 2.05) is 12.1 Å². The maximum atomic E-state index is 5.75. The maximum Gasteiger partial charge on any atom is 0.123 e. The molecule has 0 spiro atoms. The molecule has 0 saturated heterocycles. The van der Waals surface area contributed by atoms with E-state index in [0.29, 0.717) is 0 Å². The molecule has 0 saturated carbocycles. The smallest absolute Gasteiger partial charge is 0.123 e. The van der Waals surface area contributed by atoms with Gasteiger partial charge < -0.3 is 14.5 Å². The highest BCUT2D eigenvalue weighted by Crippen LogP contribution is 2.34. The molecule has 0 aliphatic rings. The van der Waals surface area contributed by atoms with E-state index >= 15 is 0 Å². The van der Waals surface area contributed by atoms with Gasteiger partial charge in [0, 0.05) is 7.11 Å². The number of ether oxygens (including phenoxy) is 1. The average Bonchev–Trinajstić information content (AvgIpc) is 2.84. The molecule has 1 aromatic rings. The highest BCUT2D eigenvalue weighted by Gasteiger charge is 2.37. The predicted molar refractivity (Wildman–Crippen MR) is 65.4 cm³/mol. The molecule has 0 fully saturated rings. The van der Waals surface area contributed by atoms with Crippen LogP contribution in [0.1, 0.15) is 45.4 Å². The summed E-state index contributed by atoms with van der Waals surface area (Å²) < 4.78 is 11.3. The zero-order valence-corrected chi connectivity index (χ0v) is 10.7. The summed E-state index contributed by atoms with van der Waals surface area (Å²) >= 11 is 0. The van der Waals surface area contributed by atoms with Crippen molar-refractivity contribution in [3.8, 4) is 0 Å². The van der Waals surface area contributed by atoms with E-state index in [9.17, 15) is 0 Å². The van der Waals surface area contributed by atoms with E-state index in [-0.39, 0.29) is 11.6 Å². The molecule has 1 unspecified atom stereocenters. The summed E-state index contributed by atoms with van der Waals surface area (Å²) in [7, 11) is 1.78. The number of nitrogens with one attached hydrogen (secondary N) is 1. The Morgan fingerprint density at radius 1 is 1.38 bits per heavy atom. The maximum absolute atomic E-state index is 5.75. The molecule has 1 heterocycles. The average molecular weight is 225 g/mol. The van der Waals surface area contributed by atoms with Crippen molar-refractivity contribution in [2.24, 2.45) is 0 Å². The van der Waals surface area contributed by atoms with Crippen molar-refractivity contribution >= 4 is 0 Å². The molecule has 16 heavy (non-hydrogen) atoms. The molecule has 0 amide bonds. The summed E-state index contributed by atoms with van der Waals surface area (Å²) in [6, 6.07) is 4.05. The topological polar surface area (TPSA) is 34.4 Å². The van der Waals surface area contributed by atoms with Gasteiger partial charge in [0.2, 0.25) is 0 Å². The lowest BCUT2D eigenvalue weighted by Gasteiger charge is -2.37. The highest BCUT2D eigenvalue weighted by atomic mass is 16.5. The van der Waals surface area contributed by atoms with Crippen molar-refractivity contribution in [1.82, 2.24) is 5.32 Å². The van der Waals surface area contributed by atoms with Crippen LogP contribution in [0, 0.1) is 0 Å². The van der Waals surface area contributed by atoms with Crippen molar-refractivity contribution in [3.63, 3.8) is 0 Å². The number of hydrogen-bond acceptors (Lipinski definition) is 3. The monoisotopic (exact) mass is 225 g/mol. The number of likely N-dealkylation sites (N-methyl/N-ethyl adjacent to an activating group) is 1. The summed E-state index contributed by atoms with van der Waals surface area (Å²) in [5.74, 6) is 0.951. The van der Waals surface area contributed by atoms with E-state index in [1.165, 1.54) is 0 Å². The number of methoxy groups -OCH3 is 1. The lowest BCUT2D eigenvalue weighted by atomic mass is 9.86. The third kappa shape index (κ3) is 2.47. The second kappa shape index (κ2) is 6.06. The van der Waals surface area contributed by atoms with Gasteiger partial charge in [-0.1, -0.05) is 20.8 Å². The molecule has 0 aliphatic carbocycles. The van der Waals surface area contributed by atoms with Crippen molar-refractivity contribution in [1.29, 1.82) is 0 Å². The van der Waals surface area contributed by atoms with Crippen molar-refractivity contribution < 1.29 is 9.15 Å². The third-order valence-corrected chi connectivity index (χ3v) is 3.37. The Bertz CT molecular complexity index is 270. The van der Waals surface area contributed by atoms with Crippen LogP contribution in [0.4, 0.5) is 0 Å². The van der Waals surface area contributed by atoms with Gasteiger partial charge in [0.05, 0.1) is 17.9 Å². The minimum Gasteiger partial charge on any atom is -0.468 e. The van der Waals surface area contributed by atoms with E-state index in [0.717, 1.165) is 25.1 Å². The van der Waals surface area contributed by atoms with Crippen LogP contribution in [0.3, 0.4) is 0 Å². The van der Waals surface area contributed by atoms with Gasteiger partial charge in [-0.05, 0) is 31.5 Å². The van der Waals surface area contributed by atoms with Gasteiger partial charge in [0.15, 0.2) is 0 Å². The van der Waals surface area contributed by atoms with Crippen molar-refractivity contribution in [2.75, 3.05) is 13.7 Å². The summed E-state index contributed by atoms with van der Waals surface area (Å²) in [5, 5.41) is 3.46. The van der Waals surface area contributed by atoms with Crippen LogP contribution < -0.4 is 5.32 Å². The van der Waals surface area contributed by atoms with Crippen LogP contribution >= 0.6 is 0 Å². The van der Waals surface area contributed by atoms with Crippen molar-refractivity contribution in [2.45, 2.75) is 45.3 Å². The number of rotatable bonds is 7. The highest BCUT2D eigenvalue weighted by molar-refractivity contribution is 5.11. The molecule has 92 valence electrons. The fourth-order valence-electron chi connectivity index (χ4n) is 2.27. The Balaban J connectivity index is 2.99. The Morgan fingerprint density at radius 2 is 2.06 bits per heavy atom. The number of furan rings is 1. The first-order valence-corrected chi connectivity index (χ1v) is 6.06. The standard InChI is InChI=1S/C13H23NO2/c1-5-13(6-2,15-4)12(14-7-3)11-9-8-10-16-11/h8-10,12,14H,5-7H2,1-4H3. The van der Waals surface area contributed by atoms with Gasteiger partial charge in [-0.3, -0.25) is 0 Å². The SMILES string of the molecule is CCNC(c1ccco1)C(CC)(CC)OC. The molecule has 1 aromatic heterocycles. The normalized spacial score (nSPS) is 14.0. The van der Waals surface area contributed by atoms with Crippen LogP contribution in [0.15, 0.2) is 22.8 Å². The molecule has 1 rings (SSSR count). The Hall–Kier alpha value is -0.800. The van der Waals surface area contributed by atoms with Crippen LogP contribution in [0.5, 0.6) is 0 Å². The third-order valence-electron chi connectivity index (χ3n) is 3.37. The molecule has 3 nitrogen and oxygen atoms in total. The summed E-state index contributed by atoms with van der Waals surface area (Å²) in [5.41, 5.74) is -0.187. The van der Waals surface area contributed by atoms with E-state index in [4.69, 9.17) is 9.15 Å². The fraction of sp³-hybridized carbons (Fsp3) is 0.692. The van der Waals surface area contributed by atoms with E-state index in [1.54, 1.807) is 13.4 Å². The minimum absolute atomic E-state index is 0.118. The van der Waals surface area contributed by atoms with Gasteiger partial charge in [-0.2, -0.15) is 0 Å². The second-order valence-electron chi connectivity index (χ2n) is 3.98. The predicted octanol–water partition coefficient (Wildman–Crippen LogP) is 3.14. The summed E-state index contributed by atoms with van der Waals surface area (Å²) in [6.07, 6.45) is 3.63. The van der Waals surface area contributed by atoms with Gasteiger partial charge in [-0.25, -0.2) is 0 Å². The molecular weight excluding hydrogens is 202 g/mol. The van der Waals surface area contributed by atoms with Crippen LogP contribution in [0.2, 0.25) is 0 Å². The Kier molecular flexibility index (Phi) is 5.03. The molecule has 0 aliphatic heterocycles.